The van der Waals surface area contributed by atoms with E-state index in [1.54, 1.807) is 7.11 Å². The lowest BCUT2D eigenvalue weighted by atomic mass is 10.1. The highest BCUT2D eigenvalue weighted by molar-refractivity contribution is 7.99. The fraction of sp³-hybridized carbons (Fsp3) is 0.385. The summed E-state index contributed by atoms with van der Waals surface area (Å²) in [7, 11) is 1.58. The lowest BCUT2D eigenvalue weighted by molar-refractivity contribution is -0.148. The van der Waals surface area contributed by atoms with Crippen molar-refractivity contribution < 1.29 is 19.4 Å². The van der Waals surface area contributed by atoms with E-state index in [0.29, 0.717) is 5.75 Å². The quantitative estimate of drug-likeness (QED) is 0.914. The SMILES string of the molecule is COc1ccc([C@H]2SC[C@H](C(=O)O)N2C(C)=O)cc1. The van der Waals surface area contributed by atoms with Crippen molar-refractivity contribution >= 4 is 23.6 Å². The molecule has 1 heterocycles. The van der Waals surface area contributed by atoms with Crippen LogP contribution in [0.25, 0.3) is 0 Å². The predicted octanol–water partition coefficient (Wildman–Crippen LogP) is 1.74. The molecular weight excluding hydrogens is 266 g/mol. The van der Waals surface area contributed by atoms with E-state index in [1.807, 2.05) is 24.3 Å². The number of ether oxygens (including phenoxy) is 1. The first-order chi connectivity index (χ1) is 9.04. The van der Waals surface area contributed by atoms with E-state index in [9.17, 15) is 9.59 Å². The largest absolute Gasteiger partial charge is 0.497 e. The molecule has 2 rings (SSSR count). The zero-order valence-corrected chi connectivity index (χ0v) is 11.5. The van der Waals surface area contributed by atoms with Crippen LogP contribution in [-0.4, -0.2) is 40.8 Å². The molecule has 0 bridgehead atoms. The molecule has 1 N–H and O–H groups in total. The molecular formula is C13H15NO4S. The standard InChI is InChI=1S/C13H15NO4S/c1-8(15)14-11(13(16)17)7-19-12(14)9-3-5-10(18-2)6-4-9/h3-6,11-12H,7H2,1-2H3,(H,16,17)/t11-,12-/m1/s1. The Hall–Kier alpha value is -1.69. The normalized spacial score (nSPS) is 22.3. The number of rotatable bonds is 3. The van der Waals surface area contributed by atoms with Crippen molar-refractivity contribution in [3.8, 4) is 5.75 Å². The third-order valence-electron chi connectivity index (χ3n) is 3.05. The minimum absolute atomic E-state index is 0.224. The van der Waals surface area contributed by atoms with Crippen molar-refractivity contribution in [1.29, 1.82) is 0 Å². The minimum Gasteiger partial charge on any atom is -0.497 e. The van der Waals surface area contributed by atoms with Crippen molar-refractivity contribution in [1.82, 2.24) is 4.90 Å². The Morgan fingerprint density at radius 1 is 1.37 bits per heavy atom. The summed E-state index contributed by atoms with van der Waals surface area (Å²) >= 11 is 1.47. The number of carbonyl (C=O) groups excluding carboxylic acids is 1. The van der Waals surface area contributed by atoms with Gasteiger partial charge in [-0.3, -0.25) is 4.79 Å². The number of carboxylic acid groups (broad SMARTS) is 1. The van der Waals surface area contributed by atoms with E-state index >= 15 is 0 Å². The summed E-state index contributed by atoms with van der Waals surface area (Å²) in [6, 6.07) is 6.58. The van der Waals surface area contributed by atoms with Crippen molar-refractivity contribution in [3.05, 3.63) is 29.8 Å². The summed E-state index contributed by atoms with van der Waals surface area (Å²) in [4.78, 5) is 24.3. The third-order valence-corrected chi connectivity index (χ3v) is 4.37. The van der Waals surface area contributed by atoms with Gasteiger partial charge in [0.15, 0.2) is 0 Å². The number of nitrogens with zero attached hydrogens (tertiary/aromatic N) is 1. The van der Waals surface area contributed by atoms with Crippen LogP contribution in [0.1, 0.15) is 17.9 Å². The number of benzene rings is 1. The smallest absolute Gasteiger partial charge is 0.327 e. The van der Waals surface area contributed by atoms with E-state index in [-0.39, 0.29) is 11.3 Å². The molecule has 0 unspecified atom stereocenters. The third kappa shape index (κ3) is 2.68. The first kappa shape index (κ1) is 13.7. The van der Waals surface area contributed by atoms with Gasteiger partial charge < -0.3 is 14.7 Å². The zero-order chi connectivity index (χ0) is 14.0. The summed E-state index contributed by atoms with van der Waals surface area (Å²) in [5.41, 5.74) is 0.907. The van der Waals surface area contributed by atoms with Crippen LogP contribution in [-0.2, 0) is 9.59 Å². The summed E-state index contributed by atoms with van der Waals surface area (Å²) in [6.07, 6.45) is 0. The van der Waals surface area contributed by atoms with Gasteiger partial charge in [-0.2, -0.15) is 0 Å². The minimum atomic E-state index is -0.960. The summed E-state index contributed by atoms with van der Waals surface area (Å²) < 4.78 is 5.08. The van der Waals surface area contributed by atoms with Gasteiger partial charge >= 0.3 is 5.97 Å². The highest BCUT2D eigenvalue weighted by Crippen LogP contribution is 2.41. The van der Waals surface area contributed by atoms with Crippen LogP contribution in [0.2, 0.25) is 0 Å². The summed E-state index contributed by atoms with van der Waals surface area (Å²) in [5.74, 6) is -0.0427. The molecule has 1 amide bonds. The maximum atomic E-state index is 11.7. The number of hydrogen-bond acceptors (Lipinski definition) is 4. The van der Waals surface area contributed by atoms with Gasteiger partial charge in [0, 0.05) is 12.7 Å². The topological polar surface area (TPSA) is 66.8 Å². The molecule has 102 valence electrons. The molecule has 2 atom stereocenters. The molecule has 1 aromatic rings. The van der Waals surface area contributed by atoms with Gasteiger partial charge in [-0.25, -0.2) is 4.79 Å². The molecule has 0 aliphatic carbocycles. The lowest BCUT2D eigenvalue weighted by Gasteiger charge is -2.26. The average molecular weight is 281 g/mol. The predicted molar refractivity (Wildman–Crippen MR) is 72.1 cm³/mol. The highest BCUT2D eigenvalue weighted by atomic mass is 32.2. The van der Waals surface area contributed by atoms with Crippen LogP contribution < -0.4 is 4.74 Å². The van der Waals surface area contributed by atoms with Gasteiger partial charge in [0.05, 0.1) is 7.11 Å². The Kier molecular flexibility index (Phi) is 3.99. The number of hydrogen-bond donors (Lipinski definition) is 1. The van der Waals surface area contributed by atoms with Gasteiger partial charge in [-0.15, -0.1) is 11.8 Å². The number of carboxylic acids is 1. The second kappa shape index (κ2) is 5.52. The Morgan fingerprint density at radius 2 is 2.00 bits per heavy atom. The summed E-state index contributed by atoms with van der Waals surface area (Å²) in [5, 5.41) is 8.91. The first-order valence-electron chi connectivity index (χ1n) is 5.82. The fourth-order valence-electron chi connectivity index (χ4n) is 2.11. The van der Waals surface area contributed by atoms with Gasteiger partial charge in [0.1, 0.15) is 17.2 Å². The second-order valence-corrected chi connectivity index (χ2v) is 5.35. The van der Waals surface area contributed by atoms with Crippen LogP contribution in [0.3, 0.4) is 0 Å². The van der Waals surface area contributed by atoms with Gasteiger partial charge in [-0.05, 0) is 17.7 Å². The van der Waals surface area contributed by atoms with Crippen molar-refractivity contribution in [2.24, 2.45) is 0 Å². The number of methoxy groups -OCH3 is 1. The van der Waals surface area contributed by atoms with Crippen LogP contribution in [0.15, 0.2) is 24.3 Å². The molecule has 0 saturated carbocycles. The maximum absolute atomic E-state index is 11.7. The van der Waals surface area contributed by atoms with E-state index in [4.69, 9.17) is 9.84 Å². The van der Waals surface area contributed by atoms with Crippen LogP contribution >= 0.6 is 11.8 Å². The fourth-order valence-corrected chi connectivity index (χ4v) is 3.58. The van der Waals surface area contributed by atoms with E-state index in [2.05, 4.69) is 0 Å². The Morgan fingerprint density at radius 3 is 2.47 bits per heavy atom. The zero-order valence-electron chi connectivity index (χ0n) is 10.7. The Bertz CT molecular complexity index is 488. The van der Waals surface area contributed by atoms with Crippen molar-refractivity contribution in [2.45, 2.75) is 18.3 Å². The molecule has 1 saturated heterocycles. The highest BCUT2D eigenvalue weighted by Gasteiger charge is 2.40. The van der Waals surface area contributed by atoms with Crippen molar-refractivity contribution in [3.63, 3.8) is 0 Å². The average Bonchev–Trinajstić information content (AvgIpc) is 2.83. The molecule has 0 radical (unpaired) electrons. The van der Waals surface area contributed by atoms with Crippen molar-refractivity contribution in [2.75, 3.05) is 12.9 Å². The number of thioether (sulfide) groups is 1. The number of carbonyl (C=O) groups is 2. The van der Waals surface area contributed by atoms with Gasteiger partial charge in [-0.1, -0.05) is 12.1 Å². The van der Waals surface area contributed by atoms with Crippen LogP contribution in [0, 0.1) is 0 Å². The molecule has 0 aromatic heterocycles. The Labute approximate surface area is 115 Å². The molecule has 0 spiro atoms. The van der Waals surface area contributed by atoms with Gasteiger partial charge in [0.2, 0.25) is 5.91 Å². The Balaban J connectivity index is 2.27. The summed E-state index contributed by atoms with van der Waals surface area (Å²) in [6.45, 7) is 1.40. The molecule has 1 aliphatic heterocycles. The molecule has 1 fully saturated rings. The molecule has 19 heavy (non-hydrogen) atoms. The van der Waals surface area contributed by atoms with E-state index < -0.39 is 12.0 Å². The number of amides is 1. The van der Waals surface area contributed by atoms with Crippen LogP contribution in [0.4, 0.5) is 0 Å². The molecule has 5 nitrogen and oxygen atoms in total. The maximum Gasteiger partial charge on any atom is 0.327 e. The molecule has 1 aromatic carbocycles. The van der Waals surface area contributed by atoms with E-state index in [0.717, 1.165) is 11.3 Å². The van der Waals surface area contributed by atoms with Gasteiger partial charge in [0.25, 0.3) is 0 Å². The monoisotopic (exact) mass is 281 g/mol. The first-order valence-corrected chi connectivity index (χ1v) is 6.86. The second-order valence-electron chi connectivity index (χ2n) is 4.24. The lowest BCUT2D eigenvalue weighted by Crippen LogP contribution is -2.41. The molecule has 1 aliphatic rings. The molecule has 6 heteroatoms. The van der Waals surface area contributed by atoms with E-state index in [1.165, 1.54) is 23.6 Å². The number of aliphatic carboxylic acids is 1. The van der Waals surface area contributed by atoms with Crippen LogP contribution in [0.5, 0.6) is 5.75 Å².